The standard InChI is InChI=1S/C10H16N2O4S2/c1-7-8(17-9(14)12-7)18(15,16)11-6-10(2-3-10)4-5-13/h11,13H,2-6H2,1H3,(H,12,14). The first-order valence-electron chi connectivity index (χ1n) is 5.69. The van der Waals surface area contributed by atoms with Crippen molar-refractivity contribution in [2.24, 2.45) is 5.41 Å². The molecule has 1 heterocycles. The molecular formula is C10H16N2O4S2. The van der Waals surface area contributed by atoms with Gasteiger partial charge < -0.3 is 10.1 Å². The van der Waals surface area contributed by atoms with Crippen molar-refractivity contribution in [3.8, 4) is 0 Å². The Bertz CT molecular complexity index is 583. The molecule has 0 spiro atoms. The summed E-state index contributed by atoms with van der Waals surface area (Å²) in [7, 11) is -3.63. The Morgan fingerprint density at radius 2 is 2.17 bits per heavy atom. The number of rotatable bonds is 6. The van der Waals surface area contributed by atoms with E-state index in [1.165, 1.54) is 0 Å². The highest BCUT2D eigenvalue weighted by atomic mass is 32.2. The zero-order valence-electron chi connectivity index (χ0n) is 10.0. The van der Waals surface area contributed by atoms with Crippen LogP contribution in [0, 0.1) is 12.3 Å². The van der Waals surface area contributed by atoms with Gasteiger partial charge in [-0.25, -0.2) is 13.1 Å². The highest BCUT2D eigenvalue weighted by molar-refractivity contribution is 7.91. The molecule has 18 heavy (non-hydrogen) atoms. The Morgan fingerprint density at radius 1 is 1.50 bits per heavy atom. The molecule has 8 heteroatoms. The van der Waals surface area contributed by atoms with Gasteiger partial charge in [0.15, 0.2) is 4.21 Å². The molecule has 102 valence electrons. The van der Waals surface area contributed by atoms with Gasteiger partial charge in [0.25, 0.3) is 10.0 Å². The van der Waals surface area contributed by atoms with Gasteiger partial charge in [-0.3, -0.25) is 4.79 Å². The van der Waals surface area contributed by atoms with Crippen molar-refractivity contribution in [3.63, 3.8) is 0 Å². The summed E-state index contributed by atoms with van der Waals surface area (Å²) in [6.07, 6.45) is 2.47. The SMILES string of the molecule is Cc1[nH]c(=O)sc1S(=O)(=O)NCC1(CCO)CC1. The molecule has 1 aliphatic rings. The number of aromatic amines is 1. The minimum absolute atomic E-state index is 0.0484. The summed E-state index contributed by atoms with van der Waals surface area (Å²) in [6, 6.07) is 0. The third kappa shape index (κ3) is 2.82. The first-order chi connectivity index (χ1) is 8.38. The van der Waals surface area contributed by atoms with Crippen molar-refractivity contribution in [3.05, 3.63) is 15.4 Å². The van der Waals surface area contributed by atoms with Crippen molar-refractivity contribution in [1.82, 2.24) is 9.71 Å². The average Bonchev–Trinajstić information content (AvgIpc) is 2.96. The van der Waals surface area contributed by atoms with Gasteiger partial charge in [-0.05, 0) is 31.6 Å². The van der Waals surface area contributed by atoms with Crippen molar-refractivity contribution in [1.29, 1.82) is 0 Å². The molecule has 1 aliphatic carbocycles. The number of hydrogen-bond acceptors (Lipinski definition) is 5. The smallest absolute Gasteiger partial charge is 0.305 e. The lowest BCUT2D eigenvalue weighted by Crippen LogP contribution is -2.30. The summed E-state index contributed by atoms with van der Waals surface area (Å²) in [5, 5.41) is 8.91. The molecule has 1 fully saturated rings. The van der Waals surface area contributed by atoms with Gasteiger partial charge in [-0.2, -0.15) is 0 Å². The fraction of sp³-hybridized carbons (Fsp3) is 0.700. The molecule has 1 saturated carbocycles. The summed E-state index contributed by atoms with van der Waals surface area (Å²) in [6.45, 7) is 1.95. The number of H-pyrrole nitrogens is 1. The van der Waals surface area contributed by atoms with Gasteiger partial charge in [0, 0.05) is 18.8 Å². The second kappa shape index (κ2) is 4.76. The summed E-state index contributed by atoms with van der Waals surface area (Å²) in [4.78, 5) is 13.2. The van der Waals surface area contributed by atoms with E-state index in [2.05, 4.69) is 9.71 Å². The number of aliphatic hydroxyl groups excluding tert-OH is 1. The maximum atomic E-state index is 12.0. The van der Waals surface area contributed by atoms with Gasteiger partial charge in [-0.1, -0.05) is 11.3 Å². The van der Waals surface area contributed by atoms with Crippen LogP contribution in [0.5, 0.6) is 0 Å². The highest BCUT2D eigenvalue weighted by Gasteiger charge is 2.42. The molecule has 0 atom stereocenters. The first-order valence-corrected chi connectivity index (χ1v) is 7.99. The van der Waals surface area contributed by atoms with Crippen LogP contribution < -0.4 is 9.60 Å². The molecule has 0 bridgehead atoms. The molecule has 0 aromatic carbocycles. The monoisotopic (exact) mass is 292 g/mol. The Kier molecular flexibility index (Phi) is 3.63. The van der Waals surface area contributed by atoms with Crippen LogP contribution in [0.3, 0.4) is 0 Å². The fourth-order valence-electron chi connectivity index (χ4n) is 1.89. The van der Waals surface area contributed by atoms with E-state index in [4.69, 9.17) is 5.11 Å². The van der Waals surface area contributed by atoms with E-state index in [0.717, 1.165) is 12.8 Å². The van der Waals surface area contributed by atoms with Crippen molar-refractivity contribution in [2.75, 3.05) is 13.2 Å². The van der Waals surface area contributed by atoms with E-state index in [-0.39, 0.29) is 21.1 Å². The van der Waals surface area contributed by atoms with E-state index < -0.39 is 10.0 Å². The molecule has 6 nitrogen and oxygen atoms in total. The fourth-order valence-corrected chi connectivity index (χ4v) is 4.39. The second-order valence-electron chi connectivity index (χ2n) is 4.73. The van der Waals surface area contributed by atoms with E-state index in [1.54, 1.807) is 6.92 Å². The van der Waals surface area contributed by atoms with Crippen LogP contribution in [0.15, 0.2) is 9.00 Å². The Hall–Kier alpha value is -0.700. The topological polar surface area (TPSA) is 99.3 Å². The van der Waals surface area contributed by atoms with Crippen molar-refractivity contribution < 1.29 is 13.5 Å². The van der Waals surface area contributed by atoms with Gasteiger partial charge >= 0.3 is 4.87 Å². The molecular weight excluding hydrogens is 276 g/mol. The van der Waals surface area contributed by atoms with Gasteiger partial charge in [0.05, 0.1) is 0 Å². The Balaban J connectivity index is 2.09. The molecule has 0 amide bonds. The van der Waals surface area contributed by atoms with E-state index >= 15 is 0 Å². The van der Waals surface area contributed by atoms with Crippen LogP contribution in [0.2, 0.25) is 0 Å². The maximum Gasteiger partial charge on any atom is 0.305 e. The normalized spacial score (nSPS) is 17.9. The Morgan fingerprint density at radius 3 is 2.61 bits per heavy atom. The van der Waals surface area contributed by atoms with E-state index in [1.807, 2.05) is 0 Å². The average molecular weight is 292 g/mol. The predicted molar refractivity (Wildman–Crippen MR) is 68.2 cm³/mol. The molecule has 2 rings (SSSR count). The molecule has 0 radical (unpaired) electrons. The molecule has 0 saturated heterocycles. The van der Waals surface area contributed by atoms with E-state index in [9.17, 15) is 13.2 Å². The zero-order chi connectivity index (χ0) is 13.4. The summed E-state index contributed by atoms with van der Waals surface area (Å²) in [5.41, 5.74) is 0.279. The second-order valence-corrected chi connectivity index (χ2v) is 7.67. The quantitative estimate of drug-likeness (QED) is 0.696. The lowest BCUT2D eigenvalue weighted by Gasteiger charge is -2.14. The highest BCUT2D eigenvalue weighted by Crippen LogP contribution is 2.48. The van der Waals surface area contributed by atoms with Crippen molar-refractivity contribution in [2.45, 2.75) is 30.4 Å². The van der Waals surface area contributed by atoms with Gasteiger partial charge in [0.2, 0.25) is 0 Å². The third-order valence-electron chi connectivity index (χ3n) is 3.26. The molecule has 0 unspecified atom stereocenters. The zero-order valence-corrected chi connectivity index (χ0v) is 11.7. The van der Waals surface area contributed by atoms with Crippen LogP contribution in [0.25, 0.3) is 0 Å². The van der Waals surface area contributed by atoms with Crippen LogP contribution in [0.1, 0.15) is 25.0 Å². The molecule has 1 aromatic rings. The van der Waals surface area contributed by atoms with Crippen LogP contribution in [-0.2, 0) is 10.0 Å². The molecule has 3 N–H and O–H groups in total. The number of aryl methyl sites for hydroxylation is 1. The van der Waals surface area contributed by atoms with Crippen LogP contribution in [-0.4, -0.2) is 31.7 Å². The lowest BCUT2D eigenvalue weighted by atomic mass is 10.0. The van der Waals surface area contributed by atoms with Crippen molar-refractivity contribution >= 4 is 21.4 Å². The largest absolute Gasteiger partial charge is 0.396 e. The predicted octanol–water partition coefficient (Wildman–Crippen LogP) is 0.186. The van der Waals surface area contributed by atoms with Crippen LogP contribution in [0.4, 0.5) is 0 Å². The Labute approximate surface area is 109 Å². The first kappa shape index (κ1) is 13.7. The van der Waals surface area contributed by atoms with Gasteiger partial charge in [0.1, 0.15) is 0 Å². The third-order valence-corrected chi connectivity index (χ3v) is 6.27. The number of aliphatic hydroxyl groups is 1. The minimum atomic E-state index is -3.63. The maximum absolute atomic E-state index is 12.0. The number of thiazole rings is 1. The number of nitrogens with one attached hydrogen (secondary N) is 2. The summed E-state index contributed by atoms with van der Waals surface area (Å²) >= 11 is 0.695. The molecule has 0 aliphatic heterocycles. The van der Waals surface area contributed by atoms with E-state index in [0.29, 0.717) is 30.0 Å². The number of sulfonamides is 1. The number of aromatic nitrogens is 1. The van der Waals surface area contributed by atoms with Gasteiger partial charge in [-0.15, -0.1) is 0 Å². The lowest BCUT2D eigenvalue weighted by molar-refractivity contribution is 0.249. The summed E-state index contributed by atoms with van der Waals surface area (Å²) < 4.78 is 26.6. The van der Waals surface area contributed by atoms with Crippen LogP contribution >= 0.6 is 11.3 Å². The summed E-state index contributed by atoms with van der Waals surface area (Å²) in [5.74, 6) is 0. The minimum Gasteiger partial charge on any atom is -0.396 e. The number of hydrogen-bond donors (Lipinski definition) is 3. The molecule has 1 aromatic heterocycles.